The summed E-state index contributed by atoms with van der Waals surface area (Å²) >= 11 is 0. The molecule has 4 rings (SSSR count). The Labute approximate surface area is 126 Å². The van der Waals surface area contributed by atoms with Crippen molar-refractivity contribution >= 4 is 22.3 Å². The molecule has 0 unspecified atom stereocenters. The number of aromatic carboxylic acids is 1. The maximum atomic E-state index is 11.6. The Hall–Kier alpha value is -3.14. The van der Waals surface area contributed by atoms with Crippen LogP contribution in [0.4, 0.5) is 0 Å². The topological polar surface area (TPSA) is 54.6 Å². The molecule has 106 valence electrons. The van der Waals surface area contributed by atoms with Crippen LogP contribution < -0.4 is 0 Å². The summed E-state index contributed by atoms with van der Waals surface area (Å²) in [6, 6.07) is 17.3. The number of imidazole rings is 1. The van der Waals surface area contributed by atoms with E-state index >= 15 is 0 Å². The minimum Gasteiger partial charge on any atom is -0.478 e. The predicted octanol–water partition coefficient (Wildman–Crippen LogP) is 3.85. The predicted molar refractivity (Wildman–Crippen MR) is 85.1 cm³/mol. The summed E-state index contributed by atoms with van der Waals surface area (Å²) in [4.78, 5) is 16.1. The molecule has 0 aliphatic rings. The summed E-state index contributed by atoms with van der Waals surface area (Å²) in [7, 11) is 0. The Morgan fingerprint density at radius 2 is 1.64 bits per heavy atom. The van der Waals surface area contributed by atoms with Gasteiger partial charge in [-0.05, 0) is 5.39 Å². The van der Waals surface area contributed by atoms with Gasteiger partial charge in [-0.15, -0.1) is 0 Å². The zero-order valence-corrected chi connectivity index (χ0v) is 11.6. The van der Waals surface area contributed by atoms with Crippen molar-refractivity contribution in [1.29, 1.82) is 0 Å². The van der Waals surface area contributed by atoms with Crippen molar-refractivity contribution in [3.63, 3.8) is 0 Å². The molecule has 0 saturated heterocycles. The van der Waals surface area contributed by atoms with Gasteiger partial charge in [0, 0.05) is 17.1 Å². The molecule has 4 nitrogen and oxygen atoms in total. The molecule has 0 bridgehead atoms. The van der Waals surface area contributed by atoms with Crippen molar-refractivity contribution in [2.75, 3.05) is 0 Å². The highest BCUT2D eigenvalue weighted by atomic mass is 16.4. The molecule has 0 saturated carbocycles. The number of carboxylic acid groups (broad SMARTS) is 1. The van der Waals surface area contributed by atoms with E-state index in [-0.39, 0.29) is 5.56 Å². The fourth-order valence-corrected chi connectivity index (χ4v) is 2.80. The van der Waals surface area contributed by atoms with Gasteiger partial charge in [0.1, 0.15) is 5.82 Å². The van der Waals surface area contributed by atoms with Crippen LogP contribution in [-0.2, 0) is 0 Å². The van der Waals surface area contributed by atoms with E-state index in [1.54, 1.807) is 12.4 Å². The molecular formula is C18H12N2O2. The molecule has 4 heteroatoms. The summed E-state index contributed by atoms with van der Waals surface area (Å²) in [5, 5.41) is 11.1. The second-order valence-corrected chi connectivity index (χ2v) is 5.10. The molecule has 2 aromatic carbocycles. The minimum atomic E-state index is -0.939. The van der Waals surface area contributed by atoms with Crippen molar-refractivity contribution in [3.05, 3.63) is 72.6 Å². The van der Waals surface area contributed by atoms with E-state index in [9.17, 15) is 9.90 Å². The van der Waals surface area contributed by atoms with Crippen molar-refractivity contribution in [1.82, 2.24) is 9.38 Å². The van der Waals surface area contributed by atoms with Crippen molar-refractivity contribution in [2.24, 2.45) is 0 Å². The first-order chi connectivity index (χ1) is 10.8. The maximum absolute atomic E-state index is 11.6. The largest absolute Gasteiger partial charge is 0.478 e. The molecule has 0 fully saturated rings. The quantitative estimate of drug-likeness (QED) is 0.609. The normalized spacial score (nSPS) is 11.1. The Bertz CT molecular complexity index is 1000. The van der Waals surface area contributed by atoms with E-state index in [2.05, 4.69) is 4.98 Å². The second kappa shape index (κ2) is 4.70. The standard InChI is InChI=1S/C18H12N2O2/c21-18(22)15-11-20-16(14-9-5-4-8-13(14)15)10-19-17(20)12-6-2-1-3-7-12/h1-11H,(H,21,22). The Morgan fingerprint density at radius 1 is 0.955 bits per heavy atom. The van der Waals surface area contributed by atoms with Crippen molar-refractivity contribution in [3.8, 4) is 11.4 Å². The monoisotopic (exact) mass is 288 g/mol. The molecule has 2 heterocycles. The Morgan fingerprint density at radius 3 is 2.36 bits per heavy atom. The van der Waals surface area contributed by atoms with Crippen molar-refractivity contribution < 1.29 is 9.90 Å². The van der Waals surface area contributed by atoms with Crippen LogP contribution in [0.25, 0.3) is 27.7 Å². The van der Waals surface area contributed by atoms with E-state index in [0.717, 1.165) is 27.7 Å². The highest BCUT2D eigenvalue weighted by molar-refractivity contribution is 6.08. The summed E-state index contributed by atoms with van der Waals surface area (Å²) < 4.78 is 1.85. The molecule has 0 amide bonds. The van der Waals surface area contributed by atoms with Crippen LogP contribution in [0.15, 0.2) is 67.0 Å². The highest BCUT2D eigenvalue weighted by Gasteiger charge is 2.15. The van der Waals surface area contributed by atoms with Crippen LogP contribution in [0, 0.1) is 0 Å². The molecule has 1 N–H and O–H groups in total. The van der Waals surface area contributed by atoms with Gasteiger partial charge in [0.05, 0.1) is 17.3 Å². The number of pyridine rings is 1. The average molecular weight is 288 g/mol. The zero-order chi connectivity index (χ0) is 15.1. The number of nitrogens with zero attached hydrogens (tertiary/aromatic N) is 2. The first-order valence-electron chi connectivity index (χ1n) is 6.93. The lowest BCUT2D eigenvalue weighted by atomic mass is 10.1. The van der Waals surface area contributed by atoms with Crippen molar-refractivity contribution in [2.45, 2.75) is 0 Å². The molecule has 0 spiro atoms. The van der Waals surface area contributed by atoms with Gasteiger partial charge < -0.3 is 5.11 Å². The Balaban J connectivity index is 2.14. The third-order valence-electron chi connectivity index (χ3n) is 3.81. The molecular weight excluding hydrogens is 276 g/mol. The lowest BCUT2D eigenvalue weighted by Gasteiger charge is -2.08. The van der Waals surface area contributed by atoms with Gasteiger partial charge in [-0.25, -0.2) is 9.78 Å². The van der Waals surface area contributed by atoms with Gasteiger partial charge in [-0.3, -0.25) is 4.40 Å². The van der Waals surface area contributed by atoms with Gasteiger partial charge in [-0.2, -0.15) is 0 Å². The van der Waals surface area contributed by atoms with E-state index in [1.807, 2.05) is 59.0 Å². The van der Waals surface area contributed by atoms with Crippen LogP contribution in [0.1, 0.15) is 10.4 Å². The zero-order valence-electron chi connectivity index (χ0n) is 11.6. The van der Waals surface area contributed by atoms with E-state index < -0.39 is 5.97 Å². The number of benzene rings is 2. The number of hydrogen-bond donors (Lipinski definition) is 1. The smallest absolute Gasteiger partial charge is 0.337 e. The molecule has 0 aliphatic heterocycles. The van der Waals surface area contributed by atoms with E-state index in [4.69, 9.17) is 0 Å². The molecule has 0 atom stereocenters. The van der Waals surface area contributed by atoms with Gasteiger partial charge in [0.25, 0.3) is 0 Å². The first kappa shape index (κ1) is 12.6. The van der Waals surface area contributed by atoms with Gasteiger partial charge in [0.15, 0.2) is 0 Å². The summed E-state index contributed by atoms with van der Waals surface area (Å²) in [5.74, 6) is -0.199. The van der Waals surface area contributed by atoms with Crippen LogP contribution in [-0.4, -0.2) is 20.5 Å². The summed E-state index contributed by atoms with van der Waals surface area (Å²) in [6.07, 6.45) is 3.44. The molecule has 2 aromatic heterocycles. The number of carboxylic acids is 1. The molecule has 0 radical (unpaired) electrons. The highest BCUT2D eigenvalue weighted by Crippen LogP contribution is 2.28. The lowest BCUT2D eigenvalue weighted by molar-refractivity contribution is 0.0698. The lowest BCUT2D eigenvalue weighted by Crippen LogP contribution is -2.01. The van der Waals surface area contributed by atoms with Gasteiger partial charge >= 0.3 is 5.97 Å². The fraction of sp³-hybridized carbons (Fsp3) is 0. The number of aromatic nitrogens is 2. The summed E-state index contributed by atoms with van der Waals surface area (Å²) in [5.41, 5.74) is 2.13. The number of hydrogen-bond acceptors (Lipinski definition) is 2. The number of rotatable bonds is 2. The average Bonchev–Trinajstić information content (AvgIpc) is 2.99. The van der Waals surface area contributed by atoms with E-state index in [1.165, 1.54) is 0 Å². The fourth-order valence-electron chi connectivity index (χ4n) is 2.80. The van der Waals surface area contributed by atoms with Crippen LogP contribution in [0.2, 0.25) is 0 Å². The molecule has 0 aliphatic carbocycles. The number of fused-ring (bicyclic) bond motifs is 3. The second-order valence-electron chi connectivity index (χ2n) is 5.10. The Kier molecular flexibility index (Phi) is 2.69. The number of carbonyl (C=O) groups is 1. The van der Waals surface area contributed by atoms with Gasteiger partial charge in [-0.1, -0.05) is 54.6 Å². The first-order valence-corrected chi connectivity index (χ1v) is 6.93. The van der Waals surface area contributed by atoms with Crippen LogP contribution in [0.5, 0.6) is 0 Å². The SMILES string of the molecule is O=C(O)c1cn2c(-c3ccccc3)ncc2c2ccccc12. The third kappa shape index (κ3) is 1.78. The maximum Gasteiger partial charge on any atom is 0.337 e. The minimum absolute atomic E-state index is 0.276. The third-order valence-corrected chi connectivity index (χ3v) is 3.81. The summed E-state index contributed by atoms with van der Waals surface area (Å²) in [6.45, 7) is 0. The molecule has 4 aromatic rings. The van der Waals surface area contributed by atoms with Gasteiger partial charge in [0.2, 0.25) is 0 Å². The van der Waals surface area contributed by atoms with Crippen LogP contribution in [0.3, 0.4) is 0 Å². The molecule has 22 heavy (non-hydrogen) atoms. The van der Waals surface area contributed by atoms with Crippen LogP contribution >= 0.6 is 0 Å². The van der Waals surface area contributed by atoms with E-state index in [0.29, 0.717) is 0 Å².